The van der Waals surface area contributed by atoms with Crippen molar-refractivity contribution in [2.45, 2.75) is 32.3 Å². The van der Waals surface area contributed by atoms with E-state index < -0.39 is 12.1 Å². The number of oxazole rings is 1. The number of carbonyl (C=O) groups is 2. The Morgan fingerprint density at radius 2 is 2.08 bits per heavy atom. The van der Waals surface area contributed by atoms with Crippen molar-refractivity contribution >= 4 is 11.9 Å². The van der Waals surface area contributed by atoms with Crippen molar-refractivity contribution in [1.29, 1.82) is 0 Å². The Morgan fingerprint density at radius 3 is 2.81 bits per heavy atom. The second-order valence-electron chi connectivity index (χ2n) is 6.32. The molecule has 2 heterocycles. The van der Waals surface area contributed by atoms with Crippen LogP contribution in [0.5, 0.6) is 0 Å². The second kappa shape index (κ2) is 8.14. The second-order valence-corrected chi connectivity index (χ2v) is 6.32. The minimum absolute atomic E-state index is 0.0409. The first-order chi connectivity index (χ1) is 12.5. The molecule has 3 rings (SSSR count). The van der Waals surface area contributed by atoms with Gasteiger partial charge in [-0.1, -0.05) is 30.3 Å². The molecule has 7 nitrogen and oxygen atoms in total. The molecule has 138 valence electrons. The van der Waals surface area contributed by atoms with Crippen LogP contribution < -0.4 is 0 Å². The average molecular weight is 358 g/mol. The Balaban J connectivity index is 1.57. The van der Waals surface area contributed by atoms with E-state index in [1.807, 2.05) is 37.3 Å². The molecule has 7 heteroatoms. The zero-order chi connectivity index (χ0) is 18.5. The van der Waals surface area contributed by atoms with Crippen molar-refractivity contribution in [3.8, 4) is 11.3 Å². The Morgan fingerprint density at radius 1 is 1.31 bits per heavy atom. The van der Waals surface area contributed by atoms with E-state index in [0.29, 0.717) is 32.0 Å². The summed E-state index contributed by atoms with van der Waals surface area (Å²) in [5.74, 6) is 0.291. The van der Waals surface area contributed by atoms with Gasteiger partial charge in [0, 0.05) is 31.5 Å². The number of nitrogens with zero attached hydrogens (tertiary/aromatic N) is 2. The largest absolute Gasteiger partial charge is 0.481 e. The quantitative estimate of drug-likeness (QED) is 0.852. The number of hydrogen-bond acceptors (Lipinski definition) is 5. The van der Waals surface area contributed by atoms with Crippen LogP contribution >= 0.6 is 0 Å². The molecule has 0 bridgehead atoms. The topological polar surface area (TPSA) is 92.9 Å². The number of ether oxygens (including phenoxy) is 1. The summed E-state index contributed by atoms with van der Waals surface area (Å²) in [6.07, 6.45) is 0.142. The Kier molecular flexibility index (Phi) is 5.68. The van der Waals surface area contributed by atoms with Gasteiger partial charge in [-0.2, -0.15) is 0 Å². The van der Waals surface area contributed by atoms with E-state index in [1.54, 1.807) is 4.90 Å². The van der Waals surface area contributed by atoms with Crippen molar-refractivity contribution in [1.82, 2.24) is 9.88 Å². The number of carbonyl (C=O) groups excluding carboxylic acids is 1. The van der Waals surface area contributed by atoms with Crippen LogP contribution in [-0.4, -0.2) is 52.7 Å². The van der Waals surface area contributed by atoms with E-state index in [0.717, 1.165) is 17.0 Å². The van der Waals surface area contributed by atoms with Crippen LogP contribution in [0.3, 0.4) is 0 Å². The molecule has 1 aliphatic rings. The van der Waals surface area contributed by atoms with Gasteiger partial charge in [0.15, 0.2) is 11.7 Å². The van der Waals surface area contributed by atoms with Crippen LogP contribution in [0.2, 0.25) is 0 Å². The highest BCUT2D eigenvalue weighted by molar-refractivity contribution is 5.76. The number of benzene rings is 1. The molecule has 1 amide bonds. The van der Waals surface area contributed by atoms with Crippen LogP contribution in [0, 0.1) is 6.92 Å². The van der Waals surface area contributed by atoms with E-state index in [2.05, 4.69) is 4.98 Å². The number of aliphatic carboxylic acids is 1. The monoisotopic (exact) mass is 358 g/mol. The lowest BCUT2D eigenvalue weighted by atomic mass is 10.1. The minimum Gasteiger partial charge on any atom is -0.481 e. The van der Waals surface area contributed by atoms with E-state index >= 15 is 0 Å². The molecule has 0 radical (unpaired) electrons. The lowest BCUT2D eigenvalue weighted by Crippen LogP contribution is -2.46. The van der Waals surface area contributed by atoms with Crippen LogP contribution in [0.1, 0.15) is 24.4 Å². The summed E-state index contributed by atoms with van der Waals surface area (Å²) in [6.45, 7) is 3.04. The van der Waals surface area contributed by atoms with Crippen molar-refractivity contribution in [3.63, 3.8) is 0 Å². The van der Waals surface area contributed by atoms with Gasteiger partial charge in [-0.15, -0.1) is 0 Å². The number of carboxylic acid groups (broad SMARTS) is 1. The minimum atomic E-state index is -0.923. The van der Waals surface area contributed by atoms with E-state index in [1.165, 1.54) is 0 Å². The molecule has 1 aromatic carbocycles. The summed E-state index contributed by atoms with van der Waals surface area (Å²) in [6, 6.07) is 9.73. The maximum absolute atomic E-state index is 12.4. The first-order valence-corrected chi connectivity index (χ1v) is 8.66. The van der Waals surface area contributed by atoms with Crippen molar-refractivity contribution in [2.24, 2.45) is 0 Å². The molecule has 1 N–H and O–H groups in total. The van der Waals surface area contributed by atoms with Crippen LogP contribution in [0.25, 0.3) is 11.3 Å². The number of carboxylic acids is 1. The summed E-state index contributed by atoms with van der Waals surface area (Å²) in [7, 11) is 0. The number of aromatic nitrogens is 1. The third-order valence-corrected chi connectivity index (χ3v) is 4.32. The normalized spacial score (nSPS) is 17.3. The first-order valence-electron chi connectivity index (χ1n) is 8.66. The zero-order valence-corrected chi connectivity index (χ0v) is 14.7. The molecule has 1 unspecified atom stereocenters. The van der Waals surface area contributed by atoms with Gasteiger partial charge in [-0.3, -0.25) is 9.59 Å². The Hall–Kier alpha value is -2.67. The van der Waals surface area contributed by atoms with Crippen molar-refractivity contribution in [2.75, 3.05) is 19.7 Å². The number of aryl methyl sites for hydroxylation is 2. The fraction of sp³-hybridized carbons (Fsp3) is 0.421. The van der Waals surface area contributed by atoms with Gasteiger partial charge in [0.2, 0.25) is 5.91 Å². The lowest BCUT2D eigenvalue weighted by molar-refractivity contribution is -0.147. The fourth-order valence-electron chi connectivity index (χ4n) is 3.05. The molecule has 1 atom stereocenters. The first kappa shape index (κ1) is 18.1. The summed E-state index contributed by atoms with van der Waals surface area (Å²) < 4.78 is 11.2. The number of hydrogen-bond donors (Lipinski definition) is 1. The smallest absolute Gasteiger partial charge is 0.306 e. The third kappa shape index (κ3) is 4.49. The van der Waals surface area contributed by atoms with E-state index in [4.69, 9.17) is 14.3 Å². The van der Waals surface area contributed by atoms with Gasteiger partial charge >= 0.3 is 5.97 Å². The predicted octanol–water partition coefficient (Wildman–Crippen LogP) is 2.28. The highest BCUT2D eigenvalue weighted by Gasteiger charge is 2.26. The number of amides is 1. The molecule has 26 heavy (non-hydrogen) atoms. The summed E-state index contributed by atoms with van der Waals surface area (Å²) >= 11 is 0. The molecule has 1 fully saturated rings. The lowest BCUT2D eigenvalue weighted by Gasteiger charge is -2.32. The van der Waals surface area contributed by atoms with Crippen molar-refractivity contribution in [3.05, 3.63) is 41.9 Å². The standard InChI is InChI=1S/C19H22N2O5/c1-13-19(14-5-3-2-4-6-14)26-16(20-13)7-8-17(22)21-9-10-25-15(12-21)11-18(23)24/h2-6,15H,7-12H2,1H3,(H,23,24). The molecular weight excluding hydrogens is 336 g/mol. The molecule has 1 aliphatic heterocycles. The highest BCUT2D eigenvalue weighted by atomic mass is 16.5. The van der Waals surface area contributed by atoms with Gasteiger partial charge < -0.3 is 19.2 Å². The zero-order valence-electron chi connectivity index (χ0n) is 14.7. The van der Waals surface area contributed by atoms with E-state index in [-0.39, 0.29) is 18.7 Å². The molecule has 1 aromatic heterocycles. The Labute approximate surface area is 151 Å². The Bertz CT molecular complexity index is 771. The molecule has 0 spiro atoms. The van der Waals surface area contributed by atoms with Gasteiger partial charge in [0.1, 0.15) is 0 Å². The molecule has 1 saturated heterocycles. The molecule has 2 aromatic rings. The highest BCUT2D eigenvalue weighted by Crippen LogP contribution is 2.24. The van der Waals surface area contributed by atoms with Gasteiger partial charge in [0.25, 0.3) is 0 Å². The van der Waals surface area contributed by atoms with Crippen LogP contribution in [0.15, 0.2) is 34.7 Å². The number of morpholine rings is 1. The molecule has 0 aliphatic carbocycles. The van der Waals surface area contributed by atoms with Gasteiger partial charge in [-0.05, 0) is 6.92 Å². The maximum atomic E-state index is 12.4. The molecule has 0 saturated carbocycles. The number of rotatable bonds is 6. The van der Waals surface area contributed by atoms with Crippen LogP contribution in [0.4, 0.5) is 0 Å². The maximum Gasteiger partial charge on any atom is 0.306 e. The summed E-state index contributed by atoms with van der Waals surface area (Å²) in [5.41, 5.74) is 1.76. The predicted molar refractivity (Wildman–Crippen MR) is 93.6 cm³/mol. The average Bonchev–Trinajstić information content (AvgIpc) is 3.01. The summed E-state index contributed by atoms with van der Waals surface area (Å²) in [5, 5.41) is 8.86. The van der Waals surface area contributed by atoms with E-state index in [9.17, 15) is 9.59 Å². The van der Waals surface area contributed by atoms with Crippen molar-refractivity contribution < 1.29 is 23.8 Å². The third-order valence-electron chi connectivity index (χ3n) is 4.32. The fourth-order valence-corrected chi connectivity index (χ4v) is 3.05. The van der Waals surface area contributed by atoms with Crippen LogP contribution in [-0.2, 0) is 20.7 Å². The SMILES string of the molecule is Cc1nc(CCC(=O)N2CCOC(CC(=O)O)C2)oc1-c1ccccc1. The van der Waals surface area contributed by atoms with Gasteiger partial charge in [-0.25, -0.2) is 4.98 Å². The molecular formula is C19H22N2O5. The summed E-state index contributed by atoms with van der Waals surface area (Å²) in [4.78, 5) is 29.3. The van der Waals surface area contributed by atoms with Gasteiger partial charge in [0.05, 0.1) is 24.8 Å².